The monoisotopic (exact) mass is 475 g/mol. The molecule has 5 rings (SSSR count). The van der Waals surface area contributed by atoms with Crippen molar-refractivity contribution in [2.24, 2.45) is 0 Å². The van der Waals surface area contributed by atoms with Gasteiger partial charge in [0.25, 0.3) is 0 Å². The molecule has 3 heterocycles. The molecule has 1 amide bonds. The van der Waals surface area contributed by atoms with Gasteiger partial charge >= 0.3 is 0 Å². The van der Waals surface area contributed by atoms with Crippen molar-refractivity contribution in [3.63, 3.8) is 0 Å². The summed E-state index contributed by atoms with van der Waals surface area (Å²) in [6.07, 6.45) is 0. The smallest absolute Gasteiger partial charge is 0.234 e. The molecule has 1 N–H and O–H groups in total. The van der Waals surface area contributed by atoms with E-state index in [0.717, 1.165) is 67.7 Å². The Hall–Kier alpha value is -3.36. The normalized spacial score (nSPS) is 15.9. The molecule has 2 aliphatic heterocycles. The number of carbonyl (C=O) groups excluding carboxylic acids is 1. The van der Waals surface area contributed by atoms with Gasteiger partial charge in [0.05, 0.1) is 18.8 Å². The molecule has 2 aromatic carbocycles. The van der Waals surface area contributed by atoms with Gasteiger partial charge in [-0.1, -0.05) is 36.4 Å². The van der Waals surface area contributed by atoms with Crippen LogP contribution in [0.25, 0.3) is 0 Å². The van der Waals surface area contributed by atoms with Crippen molar-refractivity contribution in [1.29, 1.82) is 0 Å². The van der Waals surface area contributed by atoms with E-state index >= 15 is 0 Å². The summed E-state index contributed by atoms with van der Waals surface area (Å²) in [5.41, 5.74) is 5.60. The molecule has 35 heavy (non-hydrogen) atoms. The summed E-state index contributed by atoms with van der Waals surface area (Å²) in [5, 5.41) is 7.80. The van der Waals surface area contributed by atoms with E-state index in [2.05, 4.69) is 46.3 Å². The molecule has 1 saturated heterocycles. The lowest BCUT2D eigenvalue weighted by Crippen LogP contribution is -2.49. The second-order valence-electron chi connectivity index (χ2n) is 9.31. The van der Waals surface area contributed by atoms with E-state index in [0.29, 0.717) is 19.9 Å². The van der Waals surface area contributed by atoms with E-state index in [9.17, 15) is 4.79 Å². The molecule has 8 heteroatoms. The quantitative estimate of drug-likeness (QED) is 0.540. The molecular weight excluding hydrogens is 442 g/mol. The van der Waals surface area contributed by atoms with Crippen LogP contribution in [0, 0.1) is 13.8 Å². The van der Waals surface area contributed by atoms with Gasteiger partial charge in [0.15, 0.2) is 11.5 Å². The third-order valence-corrected chi connectivity index (χ3v) is 6.84. The summed E-state index contributed by atoms with van der Waals surface area (Å²) in [6, 6.07) is 16.4. The molecule has 8 nitrogen and oxygen atoms in total. The van der Waals surface area contributed by atoms with Crippen LogP contribution in [-0.2, 0) is 24.4 Å². The molecule has 1 fully saturated rings. The number of rotatable bonds is 8. The van der Waals surface area contributed by atoms with Gasteiger partial charge in [-0.15, -0.1) is 0 Å². The summed E-state index contributed by atoms with van der Waals surface area (Å²) in [6.45, 7) is 10.6. The van der Waals surface area contributed by atoms with Crippen molar-refractivity contribution in [3.8, 4) is 11.5 Å². The molecule has 0 spiro atoms. The first-order chi connectivity index (χ1) is 17.0. The third kappa shape index (κ3) is 5.66. The lowest BCUT2D eigenvalue weighted by molar-refractivity contribution is -0.122. The SMILES string of the molecule is Cc1nn(Cc2ccccc2)c(C)c1CNC(=O)CN1CCN(Cc2ccc3c(c2)OCO3)CC1. The van der Waals surface area contributed by atoms with Crippen molar-refractivity contribution >= 4 is 5.91 Å². The number of amides is 1. The Labute approximate surface area is 206 Å². The summed E-state index contributed by atoms with van der Waals surface area (Å²) in [4.78, 5) is 17.3. The van der Waals surface area contributed by atoms with Gasteiger partial charge in [-0.05, 0) is 37.1 Å². The van der Waals surface area contributed by atoms with Gasteiger partial charge in [0.1, 0.15) is 0 Å². The first-order valence-electron chi connectivity index (χ1n) is 12.2. The Morgan fingerprint density at radius 2 is 1.66 bits per heavy atom. The second kappa shape index (κ2) is 10.5. The number of hydrogen-bond acceptors (Lipinski definition) is 6. The number of benzene rings is 2. The Kier molecular flexibility index (Phi) is 7.01. The molecule has 0 saturated carbocycles. The van der Waals surface area contributed by atoms with E-state index in [1.165, 1.54) is 11.1 Å². The van der Waals surface area contributed by atoms with Gasteiger partial charge in [0, 0.05) is 50.5 Å². The van der Waals surface area contributed by atoms with Crippen LogP contribution in [0.1, 0.15) is 28.1 Å². The predicted molar refractivity (Wildman–Crippen MR) is 133 cm³/mol. The number of nitrogens with zero attached hydrogens (tertiary/aromatic N) is 4. The molecule has 2 aliphatic rings. The first kappa shape index (κ1) is 23.4. The summed E-state index contributed by atoms with van der Waals surface area (Å²) >= 11 is 0. The standard InChI is InChI=1S/C27H33N5O3/c1-20-24(21(2)32(29-20)17-22-6-4-3-5-7-22)15-28-27(33)18-31-12-10-30(11-13-31)16-23-8-9-25-26(14-23)35-19-34-25/h3-9,14H,10-13,15-19H2,1-2H3,(H,28,33). The summed E-state index contributed by atoms with van der Waals surface area (Å²) in [7, 11) is 0. The minimum Gasteiger partial charge on any atom is -0.454 e. The molecule has 0 atom stereocenters. The van der Waals surface area contributed by atoms with E-state index in [1.54, 1.807) is 0 Å². The maximum Gasteiger partial charge on any atom is 0.234 e. The second-order valence-corrected chi connectivity index (χ2v) is 9.31. The molecule has 0 aliphatic carbocycles. The van der Waals surface area contributed by atoms with Crippen LogP contribution in [0.4, 0.5) is 0 Å². The van der Waals surface area contributed by atoms with E-state index in [4.69, 9.17) is 14.6 Å². The van der Waals surface area contributed by atoms with E-state index in [1.807, 2.05) is 35.9 Å². The maximum absolute atomic E-state index is 12.7. The minimum atomic E-state index is 0.0591. The molecule has 0 bridgehead atoms. The molecule has 1 aromatic heterocycles. The van der Waals surface area contributed by atoms with E-state index < -0.39 is 0 Å². The number of carbonyl (C=O) groups is 1. The van der Waals surface area contributed by atoms with Crippen molar-refractivity contribution in [2.75, 3.05) is 39.5 Å². The van der Waals surface area contributed by atoms with Crippen LogP contribution < -0.4 is 14.8 Å². The number of nitrogens with one attached hydrogen (secondary N) is 1. The van der Waals surface area contributed by atoms with Crippen LogP contribution in [0.3, 0.4) is 0 Å². The van der Waals surface area contributed by atoms with Gasteiger partial charge in [-0.3, -0.25) is 19.3 Å². The van der Waals surface area contributed by atoms with Crippen LogP contribution in [0.15, 0.2) is 48.5 Å². The lowest BCUT2D eigenvalue weighted by Gasteiger charge is -2.34. The largest absolute Gasteiger partial charge is 0.454 e. The highest BCUT2D eigenvalue weighted by atomic mass is 16.7. The number of piperazine rings is 1. The zero-order valence-corrected chi connectivity index (χ0v) is 20.5. The summed E-state index contributed by atoms with van der Waals surface area (Å²) < 4.78 is 12.9. The third-order valence-electron chi connectivity index (χ3n) is 6.84. The molecule has 0 unspecified atom stereocenters. The molecule has 0 radical (unpaired) electrons. The highest BCUT2D eigenvalue weighted by Crippen LogP contribution is 2.32. The minimum absolute atomic E-state index is 0.0591. The number of ether oxygens (including phenoxy) is 2. The van der Waals surface area contributed by atoms with Crippen molar-refractivity contribution < 1.29 is 14.3 Å². The predicted octanol–water partition coefficient (Wildman–Crippen LogP) is 2.71. The fourth-order valence-corrected chi connectivity index (χ4v) is 4.75. The van der Waals surface area contributed by atoms with Crippen molar-refractivity contribution in [3.05, 3.63) is 76.6 Å². The Morgan fingerprint density at radius 1 is 0.914 bits per heavy atom. The van der Waals surface area contributed by atoms with Crippen LogP contribution in [0.5, 0.6) is 11.5 Å². The highest BCUT2D eigenvalue weighted by molar-refractivity contribution is 5.78. The Morgan fingerprint density at radius 3 is 2.46 bits per heavy atom. The van der Waals surface area contributed by atoms with Crippen LogP contribution in [-0.4, -0.2) is 65.0 Å². The molecule has 184 valence electrons. The topological polar surface area (TPSA) is 71.9 Å². The zero-order valence-electron chi connectivity index (χ0n) is 20.5. The maximum atomic E-state index is 12.7. The van der Waals surface area contributed by atoms with Crippen LogP contribution in [0.2, 0.25) is 0 Å². The van der Waals surface area contributed by atoms with Gasteiger partial charge in [-0.25, -0.2) is 0 Å². The zero-order chi connectivity index (χ0) is 24.2. The highest BCUT2D eigenvalue weighted by Gasteiger charge is 2.21. The van der Waals surface area contributed by atoms with Gasteiger partial charge < -0.3 is 14.8 Å². The van der Waals surface area contributed by atoms with Crippen molar-refractivity contribution in [1.82, 2.24) is 24.9 Å². The van der Waals surface area contributed by atoms with Crippen LogP contribution >= 0.6 is 0 Å². The number of hydrogen-bond donors (Lipinski definition) is 1. The van der Waals surface area contributed by atoms with Gasteiger partial charge in [-0.2, -0.15) is 5.10 Å². The Bertz CT molecular complexity index is 1170. The molecular formula is C27H33N5O3. The van der Waals surface area contributed by atoms with Gasteiger partial charge in [0.2, 0.25) is 12.7 Å². The Balaban J connectivity index is 1.07. The lowest BCUT2D eigenvalue weighted by atomic mass is 10.1. The number of aromatic nitrogens is 2. The molecule has 3 aromatic rings. The average Bonchev–Trinajstić information content (AvgIpc) is 3.43. The summed E-state index contributed by atoms with van der Waals surface area (Å²) in [5.74, 6) is 1.70. The number of aryl methyl sites for hydroxylation is 1. The van der Waals surface area contributed by atoms with Crippen molar-refractivity contribution in [2.45, 2.75) is 33.5 Å². The van der Waals surface area contributed by atoms with E-state index in [-0.39, 0.29) is 5.91 Å². The first-order valence-corrected chi connectivity index (χ1v) is 12.2. The fourth-order valence-electron chi connectivity index (χ4n) is 4.75. The average molecular weight is 476 g/mol. The fraction of sp³-hybridized carbons (Fsp3) is 0.407. The number of fused-ring (bicyclic) bond motifs is 1.